The zero-order valence-electron chi connectivity index (χ0n) is 23.7. The molecule has 3 aromatic rings. The maximum atomic E-state index is 13.4. The Bertz CT molecular complexity index is 1440. The lowest BCUT2D eigenvalue weighted by Crippen LogP contribution is -2.53. The first-order chi connectivity index (χ1) is 18.9. The van der Waals surface area contributed by atoms with Crippen LogP contribution >= 0.6 is 11.6 Å². The second-order valence-electron chi connectivity index (χ2n) is 11.1. The van der Waals surface area contributed by atoms with Crippen molar-refractivity contribution < 1.29 is 14.6 Å². The summed E-state index contributed by atoms with van der Waals surface area (Å²) < 4.78 is 7.62. The maximum Gasteiger partial charge on any atom is 0.294 e. The number of ether oxygens (including phenoxy) is 1. The van der Waals surface area contributed by atoms with E-state index in [1.807, 2.05) is 45.6 Å². The number of fused-ring (bicyclic) bond motifs is 1. The molecule has 0 aliphatic carbocycles. The van der Waals surface area contributed by atoms with Gasteiger partial charge in [-0.2, -0.15) is 4.98 Å². The van der Waals surface area contributed by atoms with Gasteiger partial charge in [0.2, 0.25) is 5.95 Å². The molecule has 0 aromatic carbocycles. The van der Waals surface area contributed by atoms with Crippen LogP contribution in [-0.4, -0.2) is 76.0 Å². The Hall–Kier alpha value is -3.48. The molecule has 4 rings (SSSR count). The van der Waals surface area contributed by atoms with Gasteiger partial charge in [0.15, 0.2) is 17.7 Å². The number of nitrogens with one attached hydrogen (secondary N) is 3. The number of aliphatic hydroxyl groups excluding tert-OH is 1. The minimum Gasteiger partial charge on any atom is -0.474 e. The molecule has 4 N–H and O–H groups in total. The highest BCUT2D eigenvalue weighted by Gasteiger charge is 2.34. The van der Waals surface area contributed by atoms with E-state index >= 15 is 0 Å². The molecule has 4 heterocycles. The monoisotopic (exact) mass is 572 g/mol. The molecule has 0 saturated carbocycles. The van der Waals surface area contributed by atoms with Crippen molar-refractivity contribution in [3.63, 3.8) is 0 Å². The van der Waals surface area contributed by atoms with Crippen molar-refractivity contribution in [2.45, 2.75) is 52.8 Å². The van der Waals surface area contributed by atoms with Gasteiger partial charge in [-0.15, -0.1) is 0 Å². The topological polar surface area (TPSA) is 147 Å². The van der Waals surface area contributed by atoms with E-state index in [0.717, 1.165) is 6.54 Å². The van der Waals surface area contributed by atoms with E-state index in [1.165, 1.54) is 13.2 Å². The van der Waals surface area contributed by atoms with Crippen LogP contribution < -0.4 is 31.1 Å². The highest BCUT2D eigenvalue weighted by molar-refractivity contribution is 6.32. The standard InChI is InChI=1S/C27H37ClN8O4/c1-15(2)36-23-16(10-20(25(36)39)40-21(24(38)29-6)27(3,4)5)9-17(11-31-23)33-22-19(28)13-32-26(34-22)35-8-7-30-12-18(35)14-37/h9-11,13,15,18,21,30,37H,7-8,12,14H2,1-6H3,(H,29,38)(H,32,33,34)/t18?,21-/m0/s1. The number of hydrogen-bond acceptors (Lipinski definition) is 10. The molecule has 13 heteroatoms. The van der Waals surface area contributed by atoms with Gasteiger partial charge >= 0.3 is 0 Å². The van der Waals surface area contributed by atoms with Crippen LogP contribution in [0.25, 0.3) is 11.0 Å². The smallest absolute Gasteiger partial charge is 0.294 e. The van der Waals surface area contributed by atoms with E-state index in [4.69, 9.17) is 16.3 Å². The molecule has 0 radical (unpaired) electrons. The number of anilines is 3. The molecular weight excluding hydrogens is 536 g/mol. The molecule has 1 amide bonds. The lowest BCUT2D eigenvalue weighted by molar-refractivity contribution is -0.132. The van der Waals surface area contributed by atoms with Gasteiger partial charge in [0, 0.05) is 43.5 Å². The first kappa shape index (κ1) is 29.5. The fourth-order valence-electron chi connectivity index (χ4n) is 4.62. The number of piperazine rings is 1. The number of rotatable bonds is 8. The van der Waals surface area contributed by atoms with E-state index in [9.17, 15) is 14.7 Å². The normalized spacial score (nSPS) is 16.7. The van der Waals surface area contributed by atoms with Crippen molar-refractivity contribution in [2.24, 2.45) is 5.41 Å². The number of carbonyl (C=O) groups is 1. The number of carbonyl (C=O) groups excluding carboxylic acids is 1. The summed E-state index contributed by atoms with van der Waals surface area (Å²) in [6.07, 6.45) is 2.23. The molecule has 3 aromatic heterocycles. The van der Waals surface area contributed by atoms with Gasteiger partial charge in [-0.25, -0.2) is 9.97 Å². The van der Waals surface area contributed by atoms with Crippen LogP contribution in [0.2, 0.25) is 5.02 Å². The Kier molecular flexibility index (Phi) is 8.81. The van der Waals surface area contributed by atoms with Crippen LogP contribution in [-0.2, 0) is 4.79 Å². The molecule has 1 aliphatic rings. The number of aliphatic hydroxyl groups is 1. The van der Waals surface area contributed by atoms with Crippen LogP contribution in [0.5, 0.6) is 5.75 Å². The second-order valence-corrected chi connectivity index (χ2v) is 11.5. The van der Waals surface area contributed by atoms with Crippen molar-refractivity contribution in [1.82, 2.24) is 30.2 Å². The second kappa shape index (κ2) is 11.9. The predicted molar refractivity (Wildman–Crippen MR) is 156 cm³/mol. The highest BCUT2D eigenvalue weighted by atomic mass is 35.5. The SMILES string of the molecule is CNC(=O)[C@H](Oc1cc2cc(Nc3nc(N4CCNCC4CO)ncc3Cl)cnc2n(C(C)C)c1=O)C(C)(C)C. The maximum absolute atomic E-state index is 13.4. The van der Waals surface area contributed by atoms with E-state index in [1.54, 1.807) is 16.8 Å². The molecule has 1 unspecified atom stereocenters. The van der Waals surface area contributed by atoms with Gasteiger partial charge in [-0.3, -0.25) is 14.2 Å². The summed E-state index contributed by atoms with van der Waals surface area (Å²) in [5.41, 5.74) is 0.127. The number of hydrogen-bond donors (Lipinski definition) is 4. The molecule has 1 fully saturated rings. The number of pyridine rings is 2. The Morgan fingerprint density at radius 3 is 2.67 bits per heavy atom. The van der Waals surface area contributed by atoms with Crippen molar-refractivity contribution in [3.8, 4) is 5.75 Å². The van der Waals surface area contributed by atoms with E-state index < -0.39 is 11.5 Å². The largest absolute Gasteiger partial charge is 0.474 e. The highest BCUT2D eigenvalue weighted by Crippen LogP contribution is 2.29. The van der Waals surface area contributed by atoms with Crippen LogP contribution in [0.15, 0.2) is 29.3 Å². The molecule has 0 bridgehead atoms. The number of halogens is 1. The molecule has 1 saturated heterocycles. The summed E-state index contributed by atoms with van der Waals surface area (Å²) in [4.78, 5) is 41.6. The molecule has 40 heavy (non-hydrogen) atoms. The Labute approximate surface area is 238 Å². The van der Waals surface area contributed by atoms with Gasteiger partial charge in [-0.05, 0) is 26.0 Å². The zero-order valence-corrected chi connectivity index (χ0v) is 24.4. The zero-order chi connectivity index (χ0) is 29.2. The summed E-state index contributed by atoms with van der Waals surface area (Å²) in [6, 6.07) is 3.06. The summed E-state index contributed by atoms with van der Waals surface area (Å²) in [6.45, 7) is 11.4. The Morgan fingerprint density at radius 1 is 1.27 bits per heavy atom. The summed E-state index contributed by atoms with van der Waals surface area (Å²) in [5.74, 6) is 0.565. The minimum atomic E-state index is -0.886. The van der Waals surface area contributed by atoms with Crippen molar-refractivity contribution in [3.05, 3.63) is 39.9 Å². The molecule has 1 aliphatic heterocycles. The van der Waals surface area contributed by atoms with Crippen LogP contribution in [0, 0.1) is 5.41 Å². The fraction of sp³-hybridized carbons (Fsp3) is 0.519. The molecule has 0 spiro atoms. The van der Waals surface area contributed by atoms with Gasteiger partial charge in [0.1, 0.15) is 10.7 Å². The van der Waals surface area contributed by atoms with Gasteiger partial charge in [0.25, 0.3) is 11.5 Å². The molecule has 12 nitrogen and oxygen atoms in total. The number of nitrogens with zero attached hydrogens (tertiary/aromatic N) is 5. The number of likely N-dealkylation sites (N-methyl/N-ethyl adjacent to an activating group) is 1. The summed E-state index contributed by atoms with van der Waals surface area (Å²) >= 11 is 6.44. The van der Waals surface area contributed by atoms with Gasteiger partial charge < -0.3 is 30.7 Å². The quantitative estimate of drug-likeness (QED) is 0.317. The third-order valence-electron chi connectivity index (χ3n) is 6.68. The number of aromatic nitrogens is 4. The summed E-state index contributed by atoms with van der Waals surface area (Å²) in [5, 5.41) is 19.8. The van der Waals surface area contributed by atoms with Gasteiger partial charge in [-0.1, -0.05) is 32.4 Å². The average Bonchev–Trinajstić information content (AvgIpc) is 2.91. The van der Waals surface area contributed by atoms with Crippen LogP contribution in [0.4, 0.5) is 17.5 Å². The number of amides is 1. The van der Waals surface area contributed by atoms with Crippen LogP contribution in [0.3, 0.4) is 0 Å². The van der Waals surface area contributed by atoms with Crippen molar-refractivity contribution in [2.75, 3.05) is 43.5 Å². The third kappa shape index (κ3) is 6.13. The fourth-order valence-corrected chi connectivity index (χ4v) is 4.76. The van der Waals surface area contributed by atoms with E-state index in [-0.39, 0.29) is 35.9 Å². The van der Waals surface area contributed by atoms with Crippen molar-refractivity contribution in [1.29, 1.82) is 0 Å². The third-order valence-corrected chi connectivity index (χ3v) is 6.96. The first-order valence-electron chi connectivity index (χ1n) is 13.3. The lowest BCUT2D eigenvalue weighted by atomic mass is 9.88. The Morgan fingerprint density at radius 2 is 2.02 bits per heavy atom. The van der Waals surface area contributed by atoms with E-state index in [2.05, 4.69) is 30.9 Å². The molecule has 2 atom stereocenters. The lowest BCUT2D eigenvalue weighted by Gasteiger charge is -2.35. The molecular formula is C27H37ClN8O4. The predicted octanol–water partition coefficient (Wildman–Crippen LogP) is 2.47. The average molecular weight is 573 g/mol. The van der Waals surface area contributed by atoms with E-state index in [0.29, 0.717) is 46.6 Å². The molecule has 216 valence electrons. The minimum absolute atomic E-state index is 0.0334. The first-order valence-corrected chi connectivity index (χ1v) is 13.6. The van der Waals surface area contributed by atoms with Crippen LogP contribution in [0.1, 0.15) is 40.7 Å². The Balaban J connectivity index is 1.73. The van der Waals surface area contributed by atoms with Gasteiger partial charge in [0.05, 0.1) is 30.7 Å². The summed E-state index contributed by atoms with van der Waals surface area (Å²) in [7, 11) is 1.54. The van der Waals surface area contributed by atoms with Crippen molar-refractivity contribution >= 4 is 46.0 Å².